The molecule has 1 heterocycles. The predicted molar refractivity (Wildman–Crippen MR) is 87.7 cm³/mol. The van der Waals surface area contributed by atoms with E-state index in [1.54, 1.807) is 11.8 Å². The van der Waals surface area contributed by atoms with Gasteiger partial charge in [-0.25, -0.2) is 0 Å². The number of carbonyl (C=O) groups excluding carboxylic acids is 1. The van der Waals surface area contributed by atoms with Gasteiger partial charge in [0.15, 0.2) is 11.5 Å². The minimum atomic E-state index is 0.0212. The standard InChI is InChI=1S/C16H22N2O3S/c1-22-15-8-14-13(20-5-6-21-14)7-12(15)18-16(19)11-4-2-3-10(11)9-17/h7-8,10-11H,2-6,9,17H2,1H3,(H,18,19)/t10-,11-/m1/s1. The lowest BCUT2D eigenvalue weighted by Gasteiger charge is -2.22. The van der Waals surface area contributed by atoms with Gasteiger partial charge in [0.25, 0.3) is 0 Å². The molecular formula is C16H22N2O3S. The lowest BCUT2D eigenvalue weighted by atomic mass is 9.95. The maximum absolute atomic E-state index is 12.6. The highest BCUT2D eigenvalue weighted by atomic mass is 32.2. The molecular weight excluding hydrogens is 300 g/mol. The topological polar surface area (TPSA) is 73.6 Å². The van der Waals surface area contributed by atoms with Gasteiger partial charge < -0.3 is 20.5 Å². The van der Waals surface area contributed by atoms with Crippen molar-refractivity contribution in [3.05, 3.63) is 12.1 Å². The SMILES string of the molecule is CSc1cc2c(cc1NC(=O)[C@@H]1CCC[C@@H]1CN)OCCO2. The second-order valence-electron chi connectivity index (χ2n) is 5.72. The van der Waals surface area contributed by atoms with Crippen molar-refractivity contribution in [3.63, 3.8) is 0 Å². The van der Waals surface area contributed by atoms with Crippen molar-refractivity contribution in [2.24, 2.45) is 17.6 Å². The molecule has 0 bridgehead atoms. The molecule has 6 heteroatoms. The third-order valence-electron chi connectivity index (χ3n) is 4.42. The van der Waals surface area contributed by atoms with Gasteiger partial charge in [-0.2, -0.15) is 0 Å². The molecule has 0 radical (unpaired) electrons. The maximum atomic E-state index is 12.6. The Labute approximate surface area is 134 Å². The van der Waals surface area contributed by atoms with Crippen LogP contribution in [-0.2, 0) is 4.79 Å². The molecule has 22 heavy (non-hydrogen) atoms. The van der Waals surface area contributed by atoms with Crippen LogP contribution < -0.4 is 20.5 Å². The maximum Gasteiger partial charge on any atom is 0.227 e. The smallest absolute Gasteiger partial charge is 0.227 e. The van der Waals surface area contributed by atoms with Crippen LogP contribution in [0.4, 0.5) is 5.69 Å². The van der Waals surface area contributed by atoms with E-state index >= 15 is 0 Å². The summed E-state index contributed by atoms with van der Waals surface area (Å²) in [5, 5.41) is 3.07. The van der Waals surface area contributed by atoms with Gasteiger partial charge in [-0.1, -0.05) is 6.42 Å². The van der Waals surface area contributed by atoms with Crippen molar-refractivity contribution >= 4 is 23.4 Å². The fraction of sp³-hybridized carbons (Fsp3) is 0.562. The van der Waals surface area contributed by atoms with Gasteiger partial charge in [-0.05, 0) is 37.6 Å². The first-order valence-electron chi connectivity index (χ1n) is 7.71. The van der Waals surface area contributed by atoms with Crippen LogP contribution in [0.15, 0.2) is 17.0 Å². The second-order valence-corrected chi connectivity index (χ2v) is 6.57. The average molecular weight is 322 g/mol. The number of amides is 1. The van der Waals surface area contributed by atoms with Crippen LogP contribution in [0.2, 0.25) is 0 Å². The van der Waals surface area contributed by atoms with E-state index in [-0.39, 0.29) is 11.8 Å². The number of hydrogen-bond donors (Lipinski definition) is 2. The summed E-state index contributed by atoms with van der Waals surface area (Å²) < 4.78 is 11.2. The van der Waals surface area contributed by atoms with Crippen LogP contribution >= 0.6 is 11.8 Å². The van der Waals surface area contributed by atoms with E-state index < -0.39 is 0 Å². The number of carbonyl (C=O) groups is 1. The van der Waals surface area contributed by atoms with Gasteiger partial charge in [0.1, 0.15) is 13.2 Å². The average Bonchev–Trinajstić information content (AvgIpc) is 3.03. The number of hydrogen-bond acceptors (Lipinski definition) is 5. The van der Waals surface area contributed by atoms with Gasteiger partial charge in [-0.15, -0.1) is 11.8 Å². The van der Waals surface area contributed by atoms with Gasteiger partial charge in [-0.3, -0.25) is 4.79 Å². The molecule has 1 aliphatic carbocycles. The lowest BCUT2D eigenvalue weighted by molar-refractivity contribution is -0.120. The monoisotopic (exact) mass is 322 g/mol. The van der Waals surface area contributed by atoms with E-state index in [0.717, 1.165) is 35.6 Å². The van der Waals surface area contributed by atoms with Crippen molar-refractivity contribution in [2.75, 3.05) is 31.3 Å². The Hall–Kier alpha value is -1.40. The summed E-state index contributed by atoms with van der Waals surface area (Å²) in [6.07, 6.45) is 5.04. The summed E-state index contributed by atoms with van der Waals surface area (Å²) >= 11 is 1.58. The highest BCUT2D eigenvalue weighted by molar-refractivity contribution is 7.98. The van der Waals surface area contributed by atoms with E-state index in [1.165, 1.54) is 0 Å². The normalized spacial score (nSPS) is 23.4. The van der Waals surface area contributed by atoms with Crippen molar-refractivity contribution < 1.29 is 14.3 Å². The molecule has 1 aromatic rings. The number of fused-ring (bicyclic) bond motifs is 1. The summed E-state index contributed by atoms with van der Waals surface area (Å²) in [5.41, 5.74) is 6.58. The molecule has 1 amide bonds. The molecule has 0 spiro atoms. The molecule has 2 aliphatic rings. The molecule has 1 aliphatic heterocycles. The summed E-state index contributed by atoms with van der Waals surface area (Å²) in [6.45, 7) is 1.68. The Morgan fingerprint density at radius 2 is 2.05 bits per heavy atom. The van der Waals surface area contributed by atoms with Crippen LogP contribution in [0.3, 0.4) is 0 Å². The van der Waals surface area contributed by atoms with Gasteiger partial charge in [0.2, 0.25) is 5.91 Å². The minimum Gasteiger partial charge on any atom is -0.486 e. The molecule has 3 N–H and O–H groups in total. The molecule has 2 atom stereocenters. The Balaban J connectivity index is 1.80. The number of thioether (sulfide) groups is 1. The summed E-state index contributed by atoms with van der Waals surface area (Å²) in [6, 6.07) is 3.80. The zero-order valence-corrected chi connectivity index (χ0v) is 13.6. The van der Waals surface area contributed by atoms with Crippen molar-refractivity contribution in [1.29, 1.82) is 0 Å². The quantitative estimate of drug-likeness (QED) is 0.833. The van der Waals surface area contributed by atoms with Crippen molar-refractivity contribution in [2.45, 2.75) is 24.2 Å². The summed E-state index contributed by atoms with van der Waals surface area (Å²) in [4.78, 5) is 13.6. The minimum absolute atomic E-state index is 0.0212. The molecule has 120 valence electrons. The number of nitrogens with one attached hydrogen (secondary N) is 1. The number of rotatable bonds is 4. The third kappa shape index (κ3) is 3.03. The summed E-state index contributed by atoms with van der Waals surface area (Å²) in [7, 11) is 0. The van der Waals surface area contributed by atoms with Crippen LogP contribution in [0.5, 0.6) is 11.5 Å². The highest BCUT2D eigenvalue weighted by Gasteiger charge is 2.32. The van der Waals surface area contributed by atoms with Gasteiger partial charge >= 0.3 is 0 Å². The number of benzene rings is 1. The lowest BCUT2D eigenvalue weighted by Crippen LogP contribution is -2.30. The second kappa shape index (κ2) is 6.79. The van der Waals surface area contributed by atoms with Gasteiger partial charge in [0, 0.05) is 16.9 Å². The molecule has 0 unspecified atom stereocenters. The van der Waals surface area contributed by atoms with Crippen LogP contribution in [0, 0.1) is 11.8 Å². The van der Waals surface area contributed by atoms with Crippen LogP contribution in [0.1, 0.15) is 19.3 Å². The zero-order chi connectivity index (χ0) is 15.5. The van der Waals surface area contributed by atoms with E-state index in [2.05, 4.69) is 5.32 Å². The molecule has 5 nitrogen and oxygen atoms in total. The molecule has 1 aromatic carbocycles. The van der Waals surface area contributed by atoms with Crippen LogP contribution in [-0.4, -0.2) is 31.9 Å². The molecule has 1 saturated carbocycles. The highest BCUT2D eigenvalue weighted by Crippen LogP contribution is 2.40. The fourth-order valence-electron chi connectivity index (χ4n) is 3.23. The Morgan fingerprint density at radius 1 is 1.32 bits per heavy atom. The first-order valence-corrected chi connectivity index (χ1v) is 8.94. The van der Waals surface area contributed by atoms with Crippen molar-refractivity contribution in [1.82, 2.24) is 0 Å². The zero-order valence-electron chi connectivity index (χ0n) is 12.8. The Bertz CT molecular complexity index is 565. The van der Waals surface area contributed by atoms with Crippen molar-refractivity contribution in [3.8, 4) is 11.5 Å². The fourth-order valence-corrected chi connectivity index (χ4v) is 3.78. The first-order chi connectivity index (χ1) is 10.7. The molecule has 1 fully saturated rings. The third-order valence-corrected chi connectivity index (χ3v) is 5.20. The number of anilines is 1. The number of nitrogens with two attached hydrogens (primary N) is 1. The first kappa shape index (κ1) is 15.5. The predicted octanol–water partition coefficient (Wildman–Crippen LogP) is 2.49. The summed E-state index contributed by atoms with van der Waals surface area (Å²) in [5.74, 6) is 1.83. The van der Waals surface area contributed by atoms with Crippen LogP contribution in [0.25, 0.3) is 0 Å². The van der Waals surface area contributed by atoms with E-state index in [9.17, 15) is 4.79 Å². The van der Waals surface area contributed by atoms with Gasteiger partial charge in [0.05, 0.1) is 5.69 Å². The largest absolute Gasteiger partial charge is 0.486 e. The van der Waals surface area contributed by atoms with E-state index in [4.69, 9.17) is 15.2 Å². The Morgan fingerprint density at radius 3 is 2.73 bits per heavy atom. The molecule has 3 rings (SSSR count). The Kier molecular flexibility index (Phi) is 4.78. The van der Waals surface area contributed by atoms with E-state index in [1.807, 2.05) is 18.4 Å². The van der Waals surface area contributed by atoms with E-state index in [0.29, 0.717) is 31.4 Å². The molecule has 0 aromatic heterocycles. The molecule has 0 saturated heterocycles. The number of ether oxygens (including phenoxy) is 2.